The molecule has 0 saturated heterocycles. The van der Waals surface area contributed by atoms with E-state index < -0.39 is 6.10 Å². The number of nitrogens with zero attached hydrogens (tertiary/aromatic N) is 1. The molecule has 5 heteroatoms. The molecule has 0 aliphatic rings. The molecule has 1 atom stereocenters. The van der Waals surface area contributed by atoms with Gasteiger partial charge in [-0.25, -0.2) is 0 Å². The maximum atomic E-state index is 11.7. The van der Waals surface area contributed by atoms with Crippen LogP contribution in [0.15, 0.2) is 12.1 Å². The van der Waals surface area contributed by atoms with Gasteiger partial charge in [0, 0.05) is 19.3 Å². The molecular formula is C11H17N3O2. The number of pyridine rings is 1. The number of hydrogen-bond acceptors (Lipinski definition) is 4. The number of ether oxygens (including phenoxy) is 1. The monoisotopic (exact) mass is 223 g/mol. The lowest BCUT2D eigenvalue weighted by molar-refractivity contribution is -0.125. The zero-order valence-corrected chi connectivity index (χ0v) is 9.78. The van der Waals surface area contributed by atoms with Crippen LogP contribution in [0.25, 0.3) is 0 Å². The minimum Gasteiger partial charge on any atom is -0.370 e. The topological polar surface area (TPSA) is 77.2 Å². The van der Waals surface area contributed by atoms with E-state index in [0.29, 0.717) is 5.69 Å². The summed E-state index contributed by atoms with van der Waals surface area (Å²) < 4.78 is 4.94. The quantitative estimate of drug-likeness (QED) is 0.784. The number of methoxy groups -OCH3 is 1. The molecule has 0 fully saturated rings. The van der Waals surface area contributed by atoms with Crippen molar-refractivity contribution in [2.24, 2.45) is 5.73 Å². The lowest BCUT2D eigenvalue weighted by atomic mass is 10.2. The Balaban J connectivity index is 2.76. The summed E-state index contributed by atoms with van der Waals surface area (Å²) in [5.74, 6) is -0.251. The minimum absolute atomic E-state index is 0.153. The van der Waals surface area contributed by atoms with Gasteiger partial charge < -0.3 is 15.8 Å². The number of aryl methyl sites for hydroxylation is 2. The summed E-state index contributed by atoms with van der Waals surface area (Å²) in [5, 5.41) is 2.73. The zero-order valence-electron chi connectivity index (χ0n) is 9.78. The average Bonchev–Trinajstić information content (AvgIpc) is 2.24. The largest absolute Gasteiger partial charge is 0.370 e. The van der Waals surface area contributed by atoms with Crippen LogP contribution in [0, 0.1) is 13.8 Å². The molecule has 0 spiro atoms. The fraction of sp³-hybridized carbons (Fsp3) is 0.455. The van der Waals surface area contributed by atoms with Gasteiger partial charge in [-0.1, -0.05) is 0 Å². The van der Waals surface area contributed by atoms with Gasteiger partial charge in [0.15, 0.2) is 0 Å². The van der Waals surface area contributed by atoms with Crippen molar-refractivity contribution in [2.75, 3.05) is 19.0 Å². The predicted octanol–water partition coefficient (Wildman–Crippen LogP) is 0.611. The number of anilines is 1. The zero-order chi connectivity index (χ0) is 12.1. The van der Waals surface area contributed by atoms with Crippen LogP contribution in [0.3, 0.4) is 0 Å². The number of hydrogen-bond donors (Lipinski definition) is 2. The van der Waals surface area contributed by atoms with Crippen LogP contribution in [-0.2, 0) is 9.53 Å². The van der Waals surface area contributed by atoms with Crippen molar-refractivity contribution in [2.45, 2.75) is 20.0 Å². The number of nitrogens with one attached hydrogen (secondary N) is 1. The van der Waals surface area contributed by atoms with E-state index in [0.717, 1.165) is 11.4 Å². The molecular weight excluding hydrogens is 206 g/mol. The molecule has 1 rings (SSSR count). The van der Waals surface area contributed by atoms with E-state index in [9.17, 15) is 4.79 Å². The number of carbonyl (C=O) groups excluding carboxylic acids is 1. The van der Waals surface area contributed by atoms with Crippen LogP contribution in [0.1, 0.15) is 11.4 Å². The molecule has 5 nitrogen and oxygen atoms in total. The number of aromatic nitrogens is 1. The van der Waals surface area contributed by atoms with E-state index in [-0.39, 0.29) is 12.5 Å². The third-order valence-corrected chi connectivity index (χ3v) is 2.27. The first kappa shape index (κ1) is 12.6. The molecule has 3 N–H and O–H groups in total. The Hall–Kier alpha value is -1.46. The molecule has 1 aromatic heterocycles. The molecule has 0 aliphatic heterocycles. The fourth-order valence-electron chi connectivity index (χ4n) is 1.34. The number of nitrogens with two attached hydrogens (primary N) is 1. The first-order valence-corrected chi connectivity index (χ1v) is 5.06. The molecule has 0 aromatic carbocycles. The smallest absolute Gasteiger partial charge is 0.254 e. The second-order valence-corrected chi connectivity index (χ2v) is 3.53. The fourth-order valence-corrected chi connectivity index (χ4v) is 1.34. The SMILES string of the molecule is COC(CN)C(=O)Nc1ccc(C)nc1C. The summed E-state index contributed by atoms with van der Waals surface area (Å²) in [7, 11) is 1.46. The van der Waals surface area contributed by atoms with Crippen molar-refractivity contribution < 1.29 is 9.53 Å². The number of rotatable bonds is 4. The van der Waals surface area contributed by atoms with E-state index in [1.54, 1.807) is 0 Å². The summed E-state index contributed by atoms with van der Waals surface area (Å²) in [6.45, 7) is 3.89. The van der Waals surface area contributed by atoms with Crippen molar-refractivity contribution in [1.82, 2.24) is 4.98 Å². The van der Waals surface area contributed by atoms with Crippen LogP contribution in [0.2, 0.25) is 0 Å². The standard InChI is InChI=1S/C11H17N3O2/c1-7-4-5-9(8(2)13-7)14-11(15)10(6-12)16-3/h4-5,10H,6,12H2,1-3H3,(H,14,15). The van der Waals surface area contributed by atoms with Crippen molar-refractivity contribution in [3.8, 4) is 0 Å². The van der Waals surface area contributed by atoms with Crippen molar-refractivity contribution in [3.63, 3.8) is 0 Å². The molecule has 0 saturated carbocycles. The Bertz CT molecular complexity index is 375. The molecule has 1 heterocycles. The Morgan fingerprint density at radius 2 is 2.25 bits per heavy atom. The molecule has 0 bridgehead atoms. The maximum absolute atomic E-state index is 11.7. The highest BCUT2D eigenvalue weighted by atomic mass is 16.5. The van der Waals surface area contributed by atoms with Crippen LogP contribution in [0.4, 0.5) is 5.69 Å². The first-order chi connectivity index (χ1) is 7.58. The Morgan fingerprint density at radius 1 is 1.56 bits per heavy atom. The highest BCUT2D eigenvalue weighted by molar-refractivity contribution is 5.94. The van der Waals surface area contributed by atoms with Gasteiger partial charge in [0.2, 0.25) is 0 Å². The van der Waals surface area contributed by atoms with Crippen molar-refractivity contribution in [1.29, 1.82) is 0 Å². The van der Waals surface area contributed by atoms with E-state index in [4.69, 9.17) is 10.5 Å². The summed E-state index contributed by atoms with van der Waals surface area (Å²) in [6.07, 6.45) is -0.624. The van der Waals surface area contributed by atoms with Gasteiger partial charge in [-0.2, -0.15) is 0 Å². The van der Waals surface area contributed by atoms with Crippen LogP contribution in [-0.4, -0.2) is 30.6 Å². The highest BCUT2D eigenvalue weighted by Gasteiger charge is 2.16. The Kier molecular flexibility index (Phi) is 4.39. The van der Waals surface area contributed by atoms with Gasteiger partial charge in [0.25, 0.3) is 5.91 Å². The van der Waals surface area contributed by atoms with Gasteiger partial charge in [-0.15, -0.1) is 0 Å². The van der Waals surface area contributed by atoms with Crippen LogP contribution >= 0.6 is 0 Å². The third-order valence-electron chi connectivity index (χ3n) is 2.27. The summed E-state index contributed by atoms with van der Waals surface area (Å²) in [4.78, 5) is 15.9. The first-order valence-electron chi connectivity index (χ1n) is 5.06. The highest BCUT2D eigenvalue weighted by Crippen LogP contribution is 2.12. The molecule has 0 radical (unpaired) electrons. The van der Waals surface area contributed by atoms with E-state index in [1.165, 1.54) is 7.11 Å². The van der Waals surface area contributed by atoms with Crippen molar-refractivity contribution >= 4 is 11.6 Å². The second-order valence-electron chi connectivity index (χ2n) is 3.53. The summed E-state index contributed by atoms with van der Waals surface area (Å²) in [6, 6.07) is 3.66. The van der Waals surface area contributed by atoms with E-state index in [2.05, 4.69) is 10.3 Å². The molecule has 1 unspecified atom stereocenters. The Labute approximate surface area is 95.0 Å². The van der Waals surface area contributed by atoms with Gasteiger partial charge in [-0.05, 0) is 26.0 Å². The average molecular weight is 223 g/mol. The van der Waals surface area contributed by atoms with Crippen LogP contribution < -0.4 is 11.1 Å². The Morgan fingerprint density at radius 3 is 2.75 bits per heavy atom. The van der Waals surface area contributed by atoms with Gasteiger partial charge >= 0.3 is 0 Å². The van der Waals surface area contributed by atoms with Gasteiger partial charge in [0.1, 0.15) is 6.10 Å². The van der Waals surface area contributed by atoms with Crippen molar-refractivity contribution in [3.05, 3.63) is 23.5 Å². The molecule has 1 aromatic rings. The third kappa shape index (κ3) is 3.01. The lowest BCUT2D eigenvalue weighted by Crippen LogP contribution is -2.36. The van der Waals surface area contributed by atoms with E-state index >= 15 is 0 Å². The normalized spacial score (nSPS) is 12.2. The summed E-state index contributed by atoms with van der Waals surface area (Å²) >= 11 is 0. The molecule has 1 amide bonds. The maximum Gasteiger partial charge on any atom is 0.254 e. The van der Waals surface area contributed by atoms with Gasteiger partial charge in [-0.3, -0.25) is 9.78 Å². The molecule has 88 valence electrons. The minimum atomic E-state index is -0.624. The van der Waals surface area contributed by atoms with E-state index in [1.807, 2.05) is 26.0 Å². The van der Waals surface area contributed by atoms with Gasteiger partial charge in [0.05, 0.1) is 11.4 Å². The van der Waals surface area contributed by atoms with Crippen LogP contribution in [0.5, 0.6) is 0 Å². The molecule has 0 aliphatic carbocycles. The second kappa shape index (κ2) is 5.58. The number of carbonyl (C=O) groups is 1. The number of amides is 1. The predicted molar refractivity (Wildman–Crippen MR) is 62.2 cm³/mol. The molecule has 16 heavy (non-hydrogen) atoms. The lowest BCUT2D eigenvalue weighted by Gasteiger charge is -2.14. The summed E-state index contributed by atoms with van der Waals surface area (Å²) in [5.41, 5.74) is 7.78.